The summed E-state index contributed by atoms with van der Waals surface area (Å²) in [6, 6.07) is 14.4. The SMILES string of the molecule is Cc1ccc(OP(=O)(OCCCCl)Oc2ccc(C)cc2)cc1. The fourth-order valence-corrected chi connectivity index (χ4v) is 3.12. The van der Waals surface area contributed by atoms with Gasteiger partial charge in [-0.25, -0.2) is 4.57 Å². The molecule has 2 rings (SSSR count). The second-order valence-corrected chi connectivity index (χ2v) is 7.03. The van der Waals surface area contributed by atoms with Crippen LogP contribution in [0.3, 0.4) is 0 Å². The van der Waals surface area contributed by atoms with E-state index < -0.39 is 7.82 Å². The molecule has 2 aromatic rings. The average Bonchev–Trinajstić information content (AvgIpc) is 2.52. The molecule has 6 heteroatoms. The molecule has 0 aromatic heterocycles. The van der Waals surface area contributed by atoms with E-state index in [0.29, 0.717) is 23.8 Å². The van der Waals surface area contributed by atoms with Crippen molar-refractivity contribution in [2.24, 2.45) is 0 Å². The Labute approximate surface area is 142 Å². The molecule has 0 unspecified atom stereocenters. The van der Waals surface area contributed by atoms with Crippen molar-refractivity contribution >= 4 is 19.4 Å². The topological polar surface area (TPSA) is 44.8 Å². The van der Waals surface area contributed by atoms with Gasteiger partial charge in [0.05, 0.1) is 6.61 Å². The molecule has 0 amide bonds. The summed E-state index contributed by atoms with van der Waals surface area (Å²) in [7, 11) is -3.78. The van der Waals surface area contributed by atoms with E-state index in [0.717, 1.165) is 11.1 Å². The van der Waals surface area contributed by atoms with E-state index in [4.69, 9.17) is 25.2 Å². The Bertz CT molecular complexity index is 604. The van der Waals surface area contributed by atoms with Crippen molar-refractivity contribution in [2.45, 2.75) is 20.3 Å². The number of hydrogen-bond donors (Lipinski definition) is 0. The summed E-state index contributed by atoms with van der Waals surface area (Å²) in [6.45, 7) is 4.12. The first-order chi connectivity index (χ1) is 11.0. The van der Waals surface area contributed by atoms with E-state index in [1.165, 1.54) is 0 Å². The summed E-state index contributed by atoms with van der Waals surface area (Å²) < 4.78 is 29.3. The fraction of sp³-hybridized carbons (Fsp3) is 0.294. The van der Waals surface area contributed by atoms with Gasteiger partial charge in [0.25, 0.3) is 0 Å². The maximum Gasteiger partial charge on any atom is 0.587 e. The molecule has 124 valence electrons. The molecule has 0 N–H and O–H groups in total. The smallest absolute Gasteiger partial charge is 0.395 e. The highest BCUT2D eigenvalue weighted by atomic mass is 35.5. The molecule has 0 bridgehead atoms. The van der Waals surface area contributed by atoms with Crippen molar-refractivity contribution in [3.63, 3.8) is 0 Å². The molecule has 0 aliphatic heterocycles. The Balaban J connectivity index is 2.15. The van der Waals surface area contributed by atoms with Crippen LogP contribution < -0.4 is 9.05 Å². The van der Waals surface area contributed by atoms with E-state index in [1.54, 1.807) is 24.3 Å². The first kappa shape index (κ1) is 17.9. The first-order valence-corrected chi connectivity index (χ1v) is 9.33. The van der Waals surface area contributed by atoms with Crippen LogP contribution in [0.25, 0.3) is 0 Å². The lowest BCUT2D eigenvalue weighted by Gasteiger charge is -2.19. The Kier molecular flexibility index (Phi) is 6.52. The molecule has 0 aliphatic rings. The number of halogens is 1. The van der Waals surface area contributed by atoms with E-state index in [2.05, 4.69) is 0 Å². The van der Waals surface area contributed by atoms with Crippen molar-refractivity contribution < 1.29 is 18.1 Å². The van der Waals surface area contributed by atoms with Crippen LogP contribution in [0.4, 0.5) is 0 Å². The zero-order valence-corrected chi connectivity index (χ0v) is 14.8. The molecule has 4 nitrogen and oxygen atoms in total. The zero-order valence-electron chi connectivity index (χ0n) is 13.2. The number of benzene rings is 2. The van der Waals surface area contributed by atoms with Crippen LogP contribution in [0, 0.1) is 13.8 Å². The maximum atomic E-state index is 12.9. The number of aryl methyl sites for hydroxylation is 2. The molecular formula is C17H20ClO4P. The number of alkyl halides is 1. The molecule has 0 heterocycles. The summed E-state index contributed by atoms with van der Waals surface area (Å²) in [5, 5.41) is 0. The number of phosphoric acid groups is 1. The van der Waals surface area contributed by atoms with Gasteiger partial charge in [-0.15, -0.1) is 11.6 Å². The third kappa shape index (κ3) is 5.91. The van der Waals surface area contributed by atoms with Gasteiger partial charge < -0.3 is 9.05 Å². The molecule has 23 heavy (non-hydrogen) atoms. The van der Waals surface area contributed by atoms with Crippen molar-refractivity contribution in [1.29, 1.82) is 0 Å². The van der Waals surface area contributed by atoms with Crippen molar-refractivity contribution in [3.05, 3.63) is 59.7 Å². The predicted octanol–water partition coefficient (Wildman–Crippen LogP) is 5.51. The van der Waals surface area contributed by atoms with E-state index in [-0.39, 0.29) is 6.61 Å². The Hall–Kier alpha value is -1.48. The van der Waals surface area contributed by atoms with Crippen LogP contribution in [0.1, 0.15) is 17.5 Å². The van der Waals surface area contributed by atoms with Crippen molar-refractivity contribution in [3.8, 4) is 11.5 Å². The molecule has 0 fully saturated rings. The van der Waals surface area contributed by atoms with Gasteiger partial charge in [-0.05, 0) is 44.5 Å². The van der Waals surface area contributed by atoms with E-state index >= 15 is 0 Å². The van der Waals surface area contributed by atoms with Gasteiger partial charge >= 0.3 is 7.82 Å². The number of phosphoric ester groups is 1. The van der Waals surface area contributed by atoms with E-state index in [9.17, 15) is 4.57 Å². The number of rotatable bonds is 8. The summed E-state index contributed by atoms with van der Waals surface area (Å²) in [5.74, 6) is 1.27. The lowest BCUT2D eigenvalue weighted by molar-refractivity contribution is 0.210. The molecule has 0 atom stereocenters. The lowest BCUT2D eigenvalue weighted by atomic mass is 10.2. The highest BCUT2D eigenvalue weighted by Gasteiger charge is 2.30. The first-order valence-electron chi connectivity index (χ1n) is 7.34. The van der Waals surface area contributed by atoms with Crippen molar-refractivity contribution in [2.75, 3.05) is 12.5 Å². The van der Waals surface area contributed by atoms with Crippen LogP contribution in [-0.4, -0.2) is 12.5 Å². The Morgan fingerprint density at radius 3 is 1.70 bits per heavy atom. The molecule has 0 radical (unpaired) electrons. The third-order valence-corrected chi connectivity index (χ3v) is 4.64. The Morgan fingerprint density at radius 1 is 0.870 bits per heavy atom. The maximum absolute atomic E-state index is 12.9. The molecule has 2 aromatic carbocycles. The van der Waals surface area contributed by atoms with Gasteiger partial charge in [0.2, 0.25) is 0 Å². The minimum Gasteiger partial charge on any atom is -0.395 e. The zero-order chi connectivity index (χ0) is 16.7. The normalized spacial score (nSPS) is 11.3. The number of hydrogen-bond acceptors (Lipinski definition) is 4. The third-order valence-electron chi connectivity index (χ3n) is 3.00. The largest absolute Gasteiger partial charge is 0.587 e. The molecule has 0 spiro atoms. The van der Waals surface area contributed by atoms with E-state index in [1.807, 2.05) is 38.1 Å². The van der Waals surface area contributed by atoms with Crippen LogP contribution in [0.2, 0.25) is 0 Å². The van der Waals surface area contributed by atoms with Crippen molar-refractivity contribution in [1.82, 2.24) is 0 Å². The minimum atomic E-state index is -3.78. The van der Waals surface area contributed by atoms with Gasteiger partial charge in [0, 0.05) is 5.88 Å². The van der Waals surface area contributed by atoms with Gasteiger partial charge in [-0.1, -0.05) is 35.4 Å². The lowest BCUT2D eigenvalue weighted by Crippen LogP contribution is -2.06. The summed E-state index contributed by atoms with van der Waals surface area (Å²) in [4.78, 5) is 0. The Morgan fingerprint density at radius 2 is 1.30 bits per heavy atom. The van der Waals surface area contributed by atoms with Crippen LogP contribution >= 0.6 is 19.4 Å². The summed E-state index contributed by atoms with van der Waals surface area (Å²) in [6.07, 6.45) is 0.556. The van der Waals surface area contributed by atoms with Gasteiger partial charge in [-0.2, -0.15) is 0 Å². The molecule has 0 aliphatic carbocycles. The highest BCUT2D eigenvalue weighted by molar-refractivity contribution is 7.49. The van der Waals surface area contributed by atoms with Crippen LogP contribution in [-0.2, 0) is 9.09 Å². The summed E-state index contributed by atoms with van der Waals surface area (Å²) >= 11 is 5.63. The van der Waals surface area contributed by atoms with Gasteiger partial charge in [-0.3, -0.25) is 4.52 Å². The van der Waals surface area contributed by atoms with Gasteiger partial charge in [0.1, 0.15) is 11.5 Å². The summed E-state index contributed by atoms with van der Waals surface area (Å²) in [5.41, 5.74) is 2.16. The molecule has 0 saturated heterocycles. The monoisotopic (exact) mass is 354 g/mol. The molecular weight excluding hydrogens is 335 g/mol. The minimum absolute atomic E-state index is 0.193. The highest BCUT2D eigenvalue weighted by Crippen LogP contribution is 2.49. The second-order valence-electron chi connectivity index (χ2n) is 5.13. The fourth-order valence-electron chi connectivity index (χ4n) is 1.76. The van der Waals surface area contributed by atoms with Crippen LogP contribution in [0.5, 0.6) is 11.5 Å². The predicted molar refractivity (Wildman–Crippen MR) is 92.5 cm³/mol. The van der Waals surface area contributed by atoms with Gasteiger partial charge in [0.15, 0.2) is 0 Å². The second kappa shape index (κ2) is 8.39. The standard InChI is InChI=1S/C17H20ClO4P/c1-14-4-8-16(9-5-14)21-23(19,20-13-3-12-18)22-17-10-6-15(2)7-11-17/h4-11H,3,12-13H2,1-2H3. The quantitative estimate of drug-likeness (QED) is 0.356. The molecule has 0 saturated carbocycles. The van der Waals surface area contributed by atoms with Crippen LogP contribution in [0.15, 0.2) is 48.5 Å². The average molecular weight is 355 g/mol.